The number of carbonyl (C=O) groups is 3. The van der Waals surface area contributed by atoms with Crippen molar-refractivity contribution in [2.45, 2.75) is 45.2 Å². The third-order valence-corrected chi connectivity index (χ3v) is 4.61. The van der Waals surface area contributed by atoms with Gasteiger partial charge in [-0.1, -0.05) is 6.92 Å². The molecule has 1 aromatic heterocycles. The summed E-state index contributed by atoms with van der Waals surface area (Å²) >= 11 is 0. The first-order chi connectivity index (χ1) is 11.9. The number of primary amides is 1. The fourth-order valence-corrected chi connectivity index (χ4v) is 2.84. The number of nitrogens with two attached hydrogens (primary N) is 1. The van der Waals surface area contributed by atoms with Crippen LogP contribution in [-0.4, -0.2) is 51.6 Å². The zero-order valence-electron chi connectivity index (χ0n) is 14.7. The van der Waals surface area contributed by atoms with Crippen LogP contribution in [0.4, 0.5) is 0 Å². The molecule has 0 saturated carbocycles. The normalized spacial score (nSPS) is 21.4. The Morgan fingerprint density at radius 1 is 1.52 bits per heavy atom. The summed E-state index contributed by atoms with van der Waals surface area (Å²) in [5.74, 6) is -0.374. The molecule has 25 heavy (non-hydrogen) atoms. The molecule has 3 atom stereocenters. The zero-order chi connectivity index (χ0) is 18.4. The number of nitrogens with zero attached hydrogens (tertiary/aromatic N) is 2. The van der Waals surface area contributed by atoms with E-state index in [1.54, 1.807) is 19.3 Å². The van der Waals surface area contributed by atoms with E-state index in [0.717, 1.165) is 18.8 Å². The number of carbonyl (C=O) groups excluding carboxylic acids is 3. The molecule has 137 valence electrons. The molecule has 2 heterocycles. The monoisotopic (exact) mass is 348 g/mol. The maximum absolute atomic E-state index is 12.5. The summed E-state index contributed by atoms with van der Waals surface area (Å²) in [5, 5.41) is 2.75. The van der Waals surface area contributed by atoms with Crippen LogP contribution in [0.3, 0.4) is 0 Å². The molecule has 8 heteroatoms. The number of rotatable bonds is 7. The van der Waals surface area contributed by atoms with Gasteiger partial charge in [0.1, 0.15) is 5.82 Å². The van der Waals surface area contributed by atoms with Crippen LogP contribution in [0.2, 0.25) is 0 Å². The lowest BCUT2D eigenvalue weighted by Crippen LogP contribution is -2.43. The second-order valence-electron chi connectivity index (χ2n) is 6.53. The highest BCUT2D eigenvalue weighted by Crippen LogP contribution is 2.20. The Morgan fingerprint density at radius 2 is 2.28 bits per heavy atom. The summed E-state index contributed by atoms with van der Waals surface area (Å²) < 4.78 is 0. The maximum atomic E-state index is 12.5. The maximum Gasteiger partial charge on any atom is 0.224 e. The molecular weight excluding hydrogens is 322 g/mol. The fourth-order valence-electron chi connectivity index (χ4n) is 2.84. The minimum absolute atomic E-state index is 0.0105. The van der Waals surface area contributed by atoms with Crippen molar-refractivity contribution in [1.82, 2.24) is 20.2 Å². The number of amides is 2. The van der Waals surface area contributed by atoms with E-state index >= 15 is 0 Å². The van der Waals surface area contributed by atoms with Crippen LogP contribution >= 0.6 is 0 Å². The van der Waals surface area contributed by atoms with Crippen molar-refractivity contribution >= 4 is 17.6 Å². The van der Waals surface area contributed by atoms with Crippen LogP contribution in [0.15, 0.2) is 12.4 Å². The van der Waals surface area contributed by atoms with Gasteiger partial charge in [-0.3, -0.25) is 19.3 Å². The van der Waals surface area contributed by atoms with Crippen molar-refractivity contribution < 1.29 is 14.4 Å². The Morgan fingerprint density at radius 3 is 2.92 bits per heavy atom. The number of Topliss-reactive ketones (excluding diaryl/α,β-unsaturated/α-hetero) is 1. The lowest BCUT2D eigenvalue weighted by atomic mass is 10.0. The van der Waals surface area contributed by atoms with Gasteiger partial charge in [0.05, 0.1) is 25.0 Å². The first-order valence-electron chi connectivity index (χ1n) is 8.57. The Bertz CT molecular complexity index is 601. The SMILES string of the molecule is CC(C[CH]C(=O)NC1CCCN([C@@H](C)c2ncc[nH]2)CC1=O)C(N)=O. The average Bonchev–Trinajstić information content (AvgIpc) is 3.05. The van der Waals surface area contributed by atoms with Crippen LogP contribution in [0.25, 0.3) is 0 Å². The number of imidazole rings is 1. The number of hydrogen-bond acceptors (Lipinski definition) is 5. The van der Waals surface area contributed by atoms with Gasteiger partial charge >= 0.3 is 0 Å². The fraction of sp³-hybridized carbons (Fsp3) is 0.588. The van der Waals surface area contributed by atoms with E-state index in [0.29, 0.717) is 6.42 Å². The zero-order valence-corrected chi connectivity index (χ0v) is 14.7. The van der Waals surface area contributed by atoms with E-state index < -0.39 is 17.9 Å². The second kappa shape index (κ2) is 8.75. The predicted molar refractivity (Wildman–Crippen MR) is 92.0 cm³/mol. The molecule has 1 fully saturated rings. The highest BCUT2D eigenvalue weighted by Gasteiger charge is 2.29. The molecule has 0 spiro atoms. The van der Waals surface area contributed by atoms with Crippen molar-refractivity contribution in [1.29, 1.82) is 0 Å². The van der Waals surface area contributed by atoms with Gasteiger partial charge in [0.15, 0.2) is 5.78 Å². The van der Waals surface area contributed by atoms with Gasteiger partial charge in [-0.2, -0.15) is 0 Å². The molecule has 0 bridgehead atoms. The van der Waals surface area contributed by atoms with E-state index in [9.17, 15) is 14.4 Å². The predicted octanol–water partition coefficient (Wildman–Crippen LogP) is 0.336. The highest BCUT2D eigenvalue weighted by atomic mass is 16.2. The average molecular weight is 348 g/mol. The second-order valence-corrected chi connectivity index (χ2v) is 6.53. The van der Waals surface area contributed by atoms with E-state index in [2.05, 4.69) is 20.2 Å². The summed E-state index contributed by atoms with van der Waals surface area (Å²) in [4.78, 5) is 44.9. The molecule has 4 N–H and O–H groups in total. The van der Waals surface area contributed by atoms with Crippen LogP contribution < -0.4 is 11.1 Å². The van der Waals surface area contributed by atoms with Crippen molar-refractivity contribution in [2.24, 2.45) is 11.7 Å². The molecule has 1 aliphatic heterocycles. The number of nitrogens with one attached hydrogen (secondary N) is 2. The minimum atomic E-state index is -0.499. The number of likely N-dealkylation sites (tertiary alicyclic amines) is 1. The van der Waals surface area contributed by atoms with Gasteiger partial charge < -0.3 is 16.0 Å². The largest absolute Gasteiger partial charge is 0.369 e. The van der Waals surface area contributed by atoms with Crippen LogP contribution in [-0.2, 0) is 14.4 Å². The molecular formula is C17H26N5O3. The van der Waals surface area contributed by atoms with Gasteiger partial charge in [0.2, 0.25) is 11.8 Å². The lowest BCUT2D eigenvalue weighted by Gasteiger charge is -2.25. The van der Waals surface area contributed by atoms with Crippen molar-refractivity contribution in [3.8, 4) is 0 Å². The van der Waals surface area contributed by atoms with E-state index in [4.69, 9.17) is 5.73 Å². The molecule has 8 nitrogen and oxygen atoms in total. The van der Waals surface area contributed by atoms with E-state index in [-0.39, 0.29) is 30.7 Å². The highest BCUT2D eigenvalue weighted by molar-refractivity contribution is 5.93. The molecule has 0 aliphatic carbocycles. The number of H-pyrrole nitrogens is 1. The van der Waals surface area contributed by atoms with Crippen LogP contribution in [0, 0.1) is 12.3 Å². The molecule has 1 aliphatic rings. The van der Waals surface area contributed by atoms with Gasteiger partial charge in [-0.05, 0) is 32.7 Å². The van der Waals surface area contributed by atoms with E-state index in [1.807, 2.05) is 6.92 Å². The van der Waals surface area contributed by atoms with Gasteiger partial charge in [-0.15, -0.1) is 0 Å². The first kappa shape index (κ1) is 19.1. The molecule has 0 aromatic carbocycles. The molecule has 1 saturated heterocycles. The first-order valence-corrected chi connectivity index (χ1v) is 8.57. The topological polar surface area (TPSA) is 121 Å². The number of aromatic amines is 1. The molecule has 1 radical (unpaired) electrons. The molecule has 1 aromatic rings. The summed E-state index contributed by atoms with van der Waals surface area (Å²) in [6.07, 6.45) is 6.51. The molecule has 2 unspecified atom stereocenters. The van der Waals surface area contributed by atoms with Crippen molar-refractivity contribution in [2.75, 3.05) is 13.1 Å². The molecule has 2 amide bonds. The van der Waals surface area contributed by atoms with Gasteiger partial charge in [0.25, 0.3) is 0 Å². The smallest absolute Gasteiger partial charge is 0.224 e. The summed E-state index contributed by atoms with van der Waals surface area (Å²) in [6, 6.07) is -0.488. The summed E-state index contributed by atoms with van der Waals surface area (Å²) in [5.41, 5.74) is 5.17. The standard InChI is InChI=1S/C17H26N5O3/c1-11(16(18)25)5-6-15(24)21-13-4-3-9-22(10-14(13)23)12(2)17-19-7-8-20-17/h6-8,11-13H,3-5,9-10H2,1-2H3,(H2,18,25)(H,19,20)(H,21,24)/t11?,12-,13?/m0/s1. The number of ketones is 1. The Kier molecular flexibility index (Phi) is 6.69. The Hall–Kier alpha value is -2.22. The Balaban J connectivity index is 1.86. The third-order valence-electron chi connectivity index (χ3n) is 4.61. The van der Waals surface area contributed by atoms with Crippen molar-refractivity contribution in [3.63, 3.8) is 0 Å². The molecule has 2 rings (SSSR count). The third kappa shape index (κ3) is 5.38. The Labute approximate surface area is 147 Å². The van der Waals surface area contributed by atoms with Gasteiger partial charge in [0, 0.05) is 18.3 Å². The van der Waals surface area contributed by atoms with Crippen LogP contribution in [0.1, 0.15) is 45.0 Å². The summed E-state index contributed by atoms with van der Waals surface area (Å²) in [6.45, 7) is 4.70. The summed E-state index contributed by atoms with van der Waals surface area (Å²) in [7, 11) is 0. The minimum Gasteiger partial charge on any atom is -0.369 e. The quantitative estimate of drug-likeness (QED) is 0.656. The lowest BCUT2D eigenvalue weighted by molar-refractivity contribution is -0.127. The number of hydrogen-bond donors (Lipinski definition) is 3. The van der Waals surface area contributed by atoms with Crippen molar-refractivity contribution in [3.05, 3.63) is 24.6 Å². The number of aromatic nitrogens is 2. The van der Waals surface area contributed by atoms with E-state index in [1.165, 1.54) is 6.42 Å². The van der Waals surface area contributed by atoms with Gasteiger partial charge in [-0.25, -0.2) is 4.98 Å². The van der Waals surface area contributed by atoms with Crippen LogP contribution in [0.5, 0.6) is 0 Å².